The molecule has 0 saturated carbocycles. The normalized spacial score (nSPS) is 11.1. The lowest BCUT2D eigenvalue weighted by atomic mass is 10.2. The van der Waals surface area contributed by atoms with E-state index in [1.807, 2.05) is 24.3 Å². The molecule has 0 bridgehead atoms. The zero-order chi connectivity index (χ0) is 11.1. The molecule has 6 heteroatoms. The van der Waals surface area contributed by atoms with Gasteiger partial charge in [-0.2, -0.15) is 5.10 Å². The molecule has 0 atom stereocenters. The number of hydrogen-bond acceptors (Lipinski definition) is 4. The minimum Gasteiger partial charge on any atom is -0.382 e. The number of halogens is 1. The van der Waals surface area contributed by atoms with Crippen LogP contribution in [-0.4, -0.2) is 14.6 Å². The van der Waals surface area contributed by atoms with Gasteiger partial charge in [-0.3, -0.25) is 0 Å². The first-order valence-electron chi connectivity index (χ1n) is 4.60. The number of nitrogen functional groups attached to an aromatic ring is 1. The van der Waals surface area contributed by atoms with Crippen molar-refractivity contribution >= 4 is 38.0 Å². The van der Waals surface area contributed by atoms with Crippen LogP contribution < -0.4 is 5.73 Å². The summed E-state index contributed by atoms with van der Waals surface area (Å²) in [5.74, 6) is 0.498. The standard InChI is InChI=1S/C10H7BrN4S/c11-7-4-2-1-3-6(7)9-14-15-5-8(12)13-10(15)16-9/h1-5H,12H2. The predicted molar refractivity (Wildman–Crippen MR) is 68.4 cm³/mol. The van der Waals surface area contributed by atoms with E-state index in [0.717, 1.165) is 20.0 Å². The van der Waals surface area contributed by atoms with Gasteiger partial charge in [-0.15, -0.1) is 0 Å². The minimum atomic E-state index is 0.498. The average molecular weight is 295 g/mol. The monoisotopic (exact) mass is 294 g/mol. The quantitative estimate of drug-likeness (QED) is 0.751. The molecule has 2 N–H and O–H groups in total. The second-order valence-electron chi connectivity index (χ2n) is 3.28. The van der Waals surface area contributed by atoms with E-state index in [1.165, 1.54) is 11.3 Å². The maximum atomic E-state index is 5.58. The highest BCUT2D eigenvalue weighted by Crippen LogP contribution is 2.31. The van der Waals surface area contributed by atoms with Gasteiger partial charge in [0.2, 0.25) is 4.96 Å². The summed E-state index contributed by atoms with van der Waals surface area (Å²) in [5, 5.41) is 5.35. The Bertz CT molecular complexity index is 626. The van der Waals surface area contributed by atoms with Gasteiger partial charge in [0.15, 0.2) is 0 Å². The molecule has 3 rings (SSSR count). The predicted octanol–water partition coefficient (Wildman–Crippen LogP) is 2.80. The zero-order valence-corrected chi connectivity index (χ0v) is 10.5. The third-order valence-electron chi connectivity index (χ3n) is 2.17. The Morgan fingerprint density at radius 2 is 2.12 bits per heavy atom. The largest absolute Gasteiger partial charge is 0.382 e. The fourth-order valence-electron chi connectivity index (χ4n) is 1.46. The molecule has 0 aliphatic heterocycles. The van der Waals surface area contributed by atoms with E-state index in [9.17, 15) is 0 Å². The van der Waals surface area contributed by atoms with Crippen LogP contribution in [0.5, 0.6) is 0 Å². The fourth-order valence-corrected chi connectivity index (χ4v) is 2.99. The second kappa shape index (κ2) is 3.57. The van der Waals surface area contributed by atoms with Gasteiger partial charge in [0.05, 0.1) is 6.20 Å². The van der Waals surface area contributed by atoms with Crippen LogP contribution in [0.15, 0.2) is 34.9 Å². The number of aromatic nitrogens is 3. The Labute approximate surface area is 104 Å². The lowest BCUT2D eigenvalue weighted by Gasteiger charge is -1.97. The topological polar surface area (TPSA) is 56.2 Å². The summed E-state index contributed by atoms with van der Waals surface area (Å²) >= 11 is 5.02. The molecular weight excluding hydrogens is 288 g/mol. The highest BCUT2D eigenvalue weighted by molar-refractivity contribution is 9.10. The first kappa shape index (κ1) is 9.80. The molecule has 0 aliphatic rings. The molecule has 0 amide bonds. The van der Waals surface area contributed by atoms with Gasteiger partial charge < -0.3 is 5.73 Å². The molecule has 0 aliphatic carbocycles. The molecule has 0 fully saturated rings. The highest BCUT2D eigenvalue weighted by atomic mass is 79.9. The van der Waals surface area contributed by atoms with Gasteiger partial charge in [-0.1, -0.05) is 45.5 Å². The second-order valence-corrected chi connectivity index (χ2v) is 5.09. The minimum absolute atomic E-state index is 0.498. The van der Waals surface area contributed by atoms with Crippen molar-refractivity contribution in [3.8, 4) is 10.6 Å². The summed E-state index contributed by atoms with van der Waals surface area (Å²) in [5.41, 5.74) is 6.65. The highest BCUT2D eigenvalue weighted by Gasteiger charge is 2.10. The Morgan fingerprint density at radius 1 is 1.31 bits per heavy atom. The summed E-state index contributed by atoms with van der Waals surface area (Å²) in [6.45, 7) is 0. The molecule has 0 radical (unpaired) electrons. The molecule has 0 unspecified atom stereocenters. The van der Waals surface area contributed by atoms with Crippen molar-refractivity contribution in [2.24, 2.45) is 0 Å². The Hall–Kier alpha value is -1.40. The van der Waals surface area contributed by atoms with Gasteiger partial charge in [-0.05, 0) is 6.07 Å². The Kier molecular flexibility index (Phi) is 2.19. The summed E-state index contributed by atoms with van der Waals surface area (Å²) < 4.78 is 2.73. The lowest BCUT2D eigenvalue weighted by molar-refractivity contribution is 0.978. The van der Waals surface area contributed by atoms with Crippen molar-refractivity contribution in [2.45, 2.75) is 0 Å². The number of nitrogens with two attached hydrogens (primary N) is 1. The summed E-state index contributed by atoms with van der Waals surface area (Å²) in [6.07, 6.45) is 1.71. The Morgan fingerprint density at radius 3 is 2.88 bits per heavy atom. The fraction of sp³-hybridized carbons (Fsp3) is 0. The van der Waals surface area contributed by atoms with Crippen molar-refractivity contribution in [2.75, 3.05) is 5.73 Å². The number of fused-ring (bicyclic) bond motifs is 1. The SMILES string of the molecule is Nc1cn2nc(-c3ccccc3Br)sc2n1. The van der Waals surface area contributed by atoms with Crippen molar-refractivity contribution in [3.05, 3.63) is 34.9 Å². The smallest absolute Gasteiger partial charge is 0.214 e. The van der Waals surface area contributed by atoms with E-state index >= 15 is 0 Å². The van der Waals surface area contributed by atoms with Gasteiger partial charge >= 0.3 is 0 Å². The van der Waals surface area contributed by atoms with Crippen molar-refractivity contribution < 1.29 is 0 Å². The molecule has 2 heterocycles. The van der Waals surface area contributed by atoms with Crippen molar-refractivity contribution in [1.82, 2.24) is 14.6 Å². The molecule has 80 valence electrons. The molecule has 0 spiro atoms. The maximum absolute atomic E-state index is 5.58. The summed E-state index contributed by atoms with van der Waals surface area (Å²) in [6, 6.07) is 7.97. The molecule has 0 saturated heterocycles. The number of nitrogens with zero attached hydrogens (tertiary/aromatic N) is 3. The summed E-state index contributed by atoms with van der Waals surface area (Å²) in [7, 11) is 0. The third kappa shape index (κ3) is 1.50. The number of benzene rings is 1. The van der Waals surface area contributed by atoms with E-state index in [0.29, 0.717) is 5.82 Å². The number of imidazole rings is 1. The van der Waals surface area contributed by atoms with Crippen LogP contribution in [0.25, 0.3) is 15.5 Å². The van der Waals surface area contributed by atoms with Gasteiger partial charge in [0, 0.05) is 10.0 Å². The van der Waals surface area contributed by atoms with Crippen LogP contribution in [-0.2, 0) is 0 Å². The van der Waals surface area contributed by atoms with Crippen LogP contribution in [0.2, 0.25) is 0 Å². The zero-order valence-electron chi connectivity index (χ0n) is 8.09. The van der Waals surface area contributed by atoms with E-state index in [2.05, 4.69) is 26.0 Å². The van der Waals surface area contributed by atoms with E-state index in [4.69, 9.17) is 5.73 Å². The maximum Gasteiger partial charge on any atom is 0.214 e. The van der Waals surface area contributed by atoms with Crippen molar-refractivity contribution in [3.63, 3.8) is 0 Å². The molecule has 16 heavy (non-hydrogen) atoms. The van der Waals surface area contributed by atoms with Crippen LogP contribution >= 0.6 is 27.3 Å². The average Bonchev–Trinajstić information content (AvgIpc) is 2.75. The van der Waals surface area contributed by atoms with E-state index in [-0.39, 0.29) is 0 Å². The first-order chi connectivity index (χ1) is 7.74. The molecule has 2 aromatic heterocycles. The van der Waals surface area contributed by atoms with Crippen LogP contribution in [0.4, 0.5) is 5.82 Å². The van der Waals surface area contributed by atoms with Crippen LogP contribution in [0.3, 0.4) is 0 Å². The van der Waals surface area contributed by atoms with Crippen LogP contribution in [0, 0.1) is 0 Å². The molecular formula is C10H7BrN4S. The molecule has 3 aromatic rings. The van der Waals surface area contributed by atoms with Gasteiger partial charge in [-0.25, -0.2) is 9.50 Å². The summed E-state index contributed by atoms with van der Waals surface area (Å²) in [4.78, 5) is 4.98. The number of hydrogen-bond donors (Lipinski definition) is 1. The molecule has 1 aromatic carbocycles. The Balaban J connectivity index is 2.19. The first-order valence-corrected chi connectivity index (χ1v) is 6.21. The van der Waals surface area contributed by atoms with Crippen molar-refractivity contribution in [1.29, 1.82) is 0 Å². The van der Waals surface area contributed by atoms with Gasteiger partial charge in [0.25, 0.3) is 0 Å². The van der Waals surface area contributed by atoms with E-state index < -0.39 is 0 Å². The third-order valence-corrected chi connectivity index (χ3v) is 3.81. The lowest BCUT2D eigenvalue weighted by Crippen LogP contribution is -1.84. The van der Waals surface area contributed by atoms with Gasteiger partial charge in [0.1, 0.15) is 10.8 Å². The number of rotatable bonds is 1. The van der Waals surface area contributed by atoms with Crippen LogP contribution in [0.1, 0.15) is 0 Å². The van der Waals surface area contributed by atoms with E-state index in [1.54, 1.807) is 10.7 Å². The number of anilines is 1. The molecule has 4 nitrogen and oxygen atoms in total.